The van der Waals surface area contributed by atoms with Crippen LogP contribution < -0.4 is 10.9 Å². The number of hydrogen-bond acceptors (Lipinski definition) is 3. The maximum Gasteiger partial charge on any atom is 0.252 e. The average molecular weight is 369 g/mol. The summed E-state index contributed by atoms with van der Waals surface area (Å²) in [6.07, 6.45) is 2.08. The second-order valence-electron chi connectivity index (χ2n) is 6.52. The number of para-hydroxylation sites is 1. The summed E-state index contributed by atoms with van der Waals surface area (Å²) in [7, 11) is 0. The highest BCUT2D eigenvalue weighted by Crippen LogP contribution is 2.30. The lowest BCUT2D eigenvalue weighted by Gasteiger charge is -2.25. The first-order valence-electron chi connectivity index (χ1n) is 9.06. The molecule has 0 aliphatic heterocycles. The average Bonchev–Trinajstić information content (AvgIpc) is 3.17. The van der Waals surface area contributed by atoms with Crippen LogP contribution in [0.4, 0.5) is 0 Å². The molecule has 4 nitrogen and oxygen atoms in total. The molecule has 2 aromatic heterocycles. The summed E-state index contributed by atoms with van der Waals surface area (Å²) in [5.41, 5.74) is 1.08. The van der Waals surface area contributed by atoms with Crippen molar-refractivity contribution >= 4 is 28.1 Å². The molecule has 0 aliphatic carbocycles. The smallest absolute Gasteiger partial charge is 0.252 e. The van der Waals surface area contributed by atoms with Gasteiger partial charge in [0.15, 0.2) is 0 Å². The van der Waals surface area contributed by atoms with Gasteiger partial charge in [-0.3, -0.25) is 9.59 Å². The first-order chi connectivity index (χ1) is 12.6. The minimum absolute atomic E-state index is 0.00274. The maximum atomic E-state index is 12.7. The number of fused-ring (bicyclic) bond motifs is 1. The number of nitrogens with one attached hydrogen (secondary N) is 2. The van der Waals surface area contributed by atoms with E-state index in [4.69, 9.17) is 0 Å². The maximum absolute atomic E-state index is 12.7. The van der Waals surface area contributed by atoms with Gasteiger partial charge in [0.25, 0.3) is 5.56 Å². The Labute approximate surface area is 157 Å². The number of carbonyl (C=O) groups excluding carboxylic acids is 1. The molecular weight excluding hydrogens is 344 g/mol. The van der Waals surface area contributed by atoms with E-state index in [0.29, 0.717) is 11.5 Å². The number of carbonyl (C=O) groups is 1. The molecule has 3 rings (SSSR count). The number of thiophene rings is 1. The predicted octanol–water partition coefficient (Wildman–Crippen LogP) is 4.43. The van der Waals surface area contributed by atoms with Crippen molar-refractivity contribution in [2.75, 3.05) is 0 Å². The summed E-state index contributed by atoms with van der Waals surface area (Å²) < 4.78 is 0. The van der Waals surface area contributed by atoms with Crippen molar-refractivity contribution < 1.29 is 4.79 Å². The molecular formula is C21H24N2O2S. The molecule has 0 saturated carbocycles. The lowest BCUT2D eigenvalue weighted by molar-refractivity contribution is -0.121. The molecule has 0 bridgehead atoms. The van der Waals surface area contributed by atoms with E-state index in [2.05, 4.69) is 30.2 Å². The Morgan fingerprint density at radius 3 is 2.62 bits per heavy atom. The van der Waals surface area contributed by atoms with Gasteiger partial charge in [0, 0.05) is 16.0 Å². The third-order valence-electron chi connectivity index (χ3n) is 4.87. The van der Waals surface area contributed by atoms with Crippen molar-refractivity contribution in [2.45, 2.75) is 39.2 Å². The van der Waals surface area contributed by atoms with Gasteiger partial charge >= 0.3 is 0 Å². The molecule has 0 saturated heterocycles. The number of hydrogen-bond donors (Lipinski definition) is 2. The second-order valence-corrected chi connectivity index (χ2v) is 7.50. The van der Waals surface area contributed by atoms with Gasteiger partial charge in [-0.2, -0.15) is 0 Å². The van der Waals surface area contributed by atoms with E-state index in [0.717, 1.165) is 23.7 Å². The standard InChI is InChI=1S/C21H24N2O2S/c1-3-14(4-2)20(18-10-7-11-26-18)23-19(24)13-16-12-15-8-5-6-9-17(15)22-21(16)25/h5-12,14,20H,3-4,13H2,1-2H3,(H,22,25)(H,23,24). The van der Waals surface area contributed by atoms with Crippen molar-refractivity contribution in [2.24, 2.45) is 5.92 Å². The van der Waals surface area contributed by atoms with Crippen LogP contribution in [0.5, 0.6) is 0 Å². The quantitative estimate of drug-likeness (QED) is 0.648. The molecule has 1 amide bonds. The fraction of sp³-hybridized carbons (Fsp3) is 0.333. The molecule has 3 aromatic rings. The normalized spacial score (nSPS) is 12.4. The van der Waals surface area contributed by atoms with Gasteiger partial charge in [0.2, 0.25) is 5.91 Å². The molecule has 26 heavy (non-hydrogen) atoms. The summed E-state index contributed by atoms with van der Waals surface area (Å²) >= 11 is 1.66. The number of benzene rings is 1. The molecule has 1 unspecified atom stereocenters. The molecule has 136 valence electrons. The first-order valence-corrected chi connectivity index (χ1v) is 9.94. The Balaban J connectivity index is 1.80. The van der Waals surface area contributed by atoms with Crippen LogP contribution in [0, 0.1) is 5.92 Å². The van der Waals surface area contributed by atoms with E-state index in [1.165, 1.54) is 4.88 Å². The van der Waals surface area contributed by atoms with Crippen molar-refractivity contribution in [1.82, 2.24) is 10.3 Å². The summed E-state index contributed by atoms with van der Waals surface area (Å²) in [5.74, 6) is 0.267. The van der Waals surface area contributed by atoms with Crippen LogP contribution in [0.15, 0.2) is 52.6 Å². The molecule has 0 fully saturated rings. The van der Waals surface area contributed by atoms with Crippen LogP contribution in [0.1, 0.15) is 43.2 Å². The van der Waals surface area contributed by atoms with Gasteiger partial charge in [-0.1, -0.05) is 51.0 Å². The zero-order valence-electron chi connectivity index (χ0n) is 15.1. The first kappa shape index (κ1) is 18.4. The van der Waals surface area contributed by atoms with E-state index in [1.54, 1.807) is 11.3 Å². The Morgan fingerprint density at radius 2 is 1.92 bits per heavy atom. The molecule has 0 aliphatic rings. The number of aromatic amines is 1. The van der Waals surface area contributed by atoms with Crippen molar-refractivity contribution in [1.29, 1.82) is 0 Å². The Kier molecular flexibility index (Phi) is 5.89. The molecule has 5 heteroatoms. The lowest BCUT2D eigenvalue weighted by Crippen LogP contribution is -2.34. The minimum atomic E-state index is -0.200. The molecule has 2 heterocycles. The van der Waals surface area contributed by atoms with Gasteiger partial charge in [-0.05, 0) is 34.9 Å². The molecule has 0 radical (unpaired) electrons. The second kappa shape index (κ2) is 8.32. The van der Waals surface area contributed by atoms with Crippen LogP contribution in [0.3, 0.4) is 0 Å². The number of amides is 1. The van der Waals surface area contributed by atoms with E-state index in [-0.39, 0.29) is 23.9 Å². The minimum Gasteiger partial charge on any atom is -0.348 e. The molecule has 1 atom stereocenters. The highest BCUT2D eigenvalue weighted by molar-refractivity contribution is 7.10. The van der Waals surface area contributed by atoms with Gasteiger partial charge in [-0.15, -0.1) is 11.3 Å². The predicted molar refractivity (Wildman–Crippen MR) is 108 cm³/mol. The van der Waals surface area contributed by atoms with Crippen LogP contribution in [0.25, 0.3) is 10.9 Å². The Bertz CT molecular complexity index is 927. The van der Waals surface area contributed by atoms with E-state index in [1.807, 2.05) is 41.8 Å². The van der Waals surface area contributed by atoms with E-state index in [9.17, 15) is 9.59 Å². The zero-order valence-corrected chi connectivity index (χ0v) is 15.9. The topological polar surface area (TPSA) is 62.0 Å². The Morgan fingerprint density at radius 1 is 1.15 bits per heavy atom. The summed E-state index contributed by atoms with van der Waals surface area (Å²) in [5, 5.41) is 6.13. The monoisotopic (exact) mass is 368 g/mol. The van der Waals surface area contributed by atoms with E-state index < -0.39 is 0 Å². The number of aromatic nitrogens is 1. The van der Waals surface area contributed by atoms with Crippen LogP contribution >= 0.6 is 11.3 Å². The largest absolute Gasteiger partial charge is 0.348 e. The summed E-state index contributed by atoms with van der Waals surface area (Å²) in [4.78, 5) is 29.0. The number of H-pyrrole nitrogens is 1. The highest BCUT2D eigenvalue weighted by Gasteiger charge is 2.23. The summed E-state index contributed by atoms with van der Waals surface area (Å²) in [6, 6.07) is 13.5. The number of rotatable bonds is 7. The molecule has 1 aromatic carbocycles. The fourth-order valence-corrected chi connectivity index (χ4v) is 4.24. The molecule has 0 spiro atoms. The lowest BCUT2D eigenvalue weighted by atomic mass is 9.92. The van der Waals surface area contributed by atoms with Crippen LogP contribution in [-0.4, -0.2) is 10.9 Å². The van der Waals surface area contributed by atoms with Crippen molar-refractivity contribution in [3.63, 3.8) is 0 Å². The molecule has 2 N–H and O–H groups in total. The van der Waals surface area contributed by atoms with Crippen molar-refractivity contribution in [3.05, 3.63) is 68.6 Å². The fourth-order valence-electron chi connectivity index (χ4n) is 3.37. The SMILES string of the molecule is CCC(CC)C(NC(=O)Cc1cc2ccccc2[nH]c1=O)c1cccs1. The van der Waals surface area contributed by atoms with Gasteiger partial charge in [0.1, 0.15) is 0 Å². The van der Waals surface area contributed by atoms with E-state index >= 15 is 0 Å². The Hall–Kier alpha value is -2.40. The third kappa shape index (κ3) is 4.05. The zero-order chi connectivity index (χ0) is 18.5. The van der Waals surface area contributed by atoms with Crippen LogP contribution in [-0.2, 0) is 11.2 Å². The van der Waals surface area contributed by atoms with Crippen LogP contribution in [0.2, 0.25) is 0 Å². The highest BCUT2D eigenvalue weighted by atomic mass is 32.1. The van der Waals surface area contributed by atoms with Crippen molar-refractivity contribution in [3.8, 4) is 0 Å². The number of pyridine rings is 1. The van der Waals surface area contributed by atoms with Gasteiger partial charge < -0.3 is 10.3 Å². The summed E-state index contributed by atoms with van der Waals surface area (Å²) in [6.45, 7) is 4.30. The third-order valence-corrected chi connectivity index (χ3v) is 5.82. The van der Waals surface area contributed by atoms with Gasteiger partial charge in [0.05, 0.1) is 12.5 Å². The van der Waals surface area contributed by atoms with Gasteiger partial charge in [-0.25, -0.2) is 0 Å².